The van der Waals surface area contributed by atoms with Crippen molar-refractivity contribution in [1.82, 2.24) is 0 Å². The first-order valence-electron chi connectivity index (χ1n) is 6.27. The molecule has 1 N–H and O–H groups in total. The van der Waals surface area contributed by atoms with Gasteiger partial charge in [0.2, 0.25) is 0 Å². The molecule has 1 amide bonds. The molecular formula is C15H18ClNO4. The minimum absolute atomic E-state index is 0.480. The van der Waals surface area contributed by atoms with Crippen molar-refractivity contribution < 1.29 is 19.1 Å². The topological polar surface area (TPSA) is 64.6 Å². The molecule has 5 nitrogen and oxygen atoms in total. The van der Waals surface area contributed by atoms with E-state index >= 15 is 0 Å². The highest BCUT2D eigenvalue weighted by Gasteiger charge is 2.17. The molecule has 0 aromatic heterocycles. The van der Waals surface area contributed by atoms with Crippen LogP contribution in [-0.2, 0) is 14.3 Å². The van der Waals surface area contributed by atoms with Crippen LogP contribution < -0.4 is 5.32 Å². The Morgan fingerprint density at radius 3 is 2.52 bits per heavy atom. The van der Waals surface area contributed by atoms with Gasteiger partial charge in [0.15, 0.2) is 0 Å². The number of nitrogens with one attached hydrogen (secondary N) is 1. The van der Waals surface area contributed by atoms with E-state index < -0.39 is 17.7 Å². The van der Waals surface area contributed by atoms with Crippen LogP contribution in [0.3, 0.4) is 0 Å². The van der Waals surface area contributed by atoms with Crippen LogP contribution in [0, 0.1) is 0 Å². The zero-order chi connectivity index (χ0) is 16.0. The molecule has 1 rings (SSSR count). The van der Waals surface area contributed by atoms with E-state index in [0.29, 0.717) is 16.3 Å². The Morgan fingerprint density at radius 1 is 1.29 bits per heavy atom. The first-order chi connectivity index (χ1) is 9.71. The van der Waals surface area contributed by atoms with Crippen LogP contribution >= 0.6 is 11.6 Å². The van der Waals surface area contributed by atoms with Gasteiger partial charge in [-0.15, -0.1) is 0 Å². The molecule has 0 atom stereocenters. The number of ether oxygens (including phenoxy) is 2. The summed E-state index contributed by atoms with van der Waals surface area (Å²) < 4.78 is 9.69. The van der Waals surface area contributed by atoms with Crippen molar-refractivity contribution in [1.29, 1.82) is 0 Å². The second-order valence-electron chi connectivity index (χ2n) is 5.21. The van der Waals surface area contributed by atoms with Crippen LogP contribution in [0.2, 0.25) is 5.02 Å². The molecule has 0 heterocycles. The molecule has 0 bridgehead atoms. The number of anilines is 1. The number of amides is 1. The van der Waals surface area contributed by atoms with E-state index in [1.807, 2.05) is 0 Å². The first-order valence-corrected chi connectivity index (χ1v) is 6.64. The Bertz CT molecular complexity index is 561. The number of esters is 1. The van der Waals surface area contributed by atoms with E-state index in [-0.39, 0.29) is 0 Å². The number of carbonyl (C=O) groups excluding carboxylic acids is 2. The van der Waals surface area contributed by atoms with Crippen molar-refractivity contribution in [2.45, 2.75) is 26.4 Å². The molecule has 0 aliphatic carbocycles. The standard InChI is InChI=1S/C15H18ClNO4/c1-15(2,3)21-14(19)17-12-7-6-11(16)9-10(12)5-8-13(18)20-4/h5-9H,1-4H3,(H,17,19). The van der Waals surface area contributed by atoms with Crippen molar-refractivity contribution in [2.24, 2.45) is 0 Å². The lowest BCUT2D eigenvalue weighted by Gasteiger charge is -2.20. The van der Waals surface area contributed by atoms with Gasteiger partial charge in [0.05, 0.1) is 12.8 Å². The second-order valence-corrected chi connectivity index (χ2v) is 5.65. The van der Waals surface area contributed by atoms with Gasteiger partial charge in [-0.05, 0) is 50.6 Å². The fraction of sp³-hybridized carbons (Fsp3) is 0.333. The predicted molar refractivity (Wildman–Crippen MR) is 82.4 cm³/mol. The molecule has 6 heteroatoms. The Hall–Kier alpha value is -2.01. The Balaban J connectivity index is 2.94. The summed E-state index contributed by atoms with van der Waals surface area (Å²) in [5.41, 5.74) is 0.450. The quantitative estimate of drug-likeness (QED) is 0.679. The van der Waals surface area contributed by atoms with E-state index in [9.17, 15) is 9.59 Å². The number of rotatable bonds is 3. The molecule has 1 aromatic carbocycles. The minimum Gasteiger partial charge on any atom is -0.466 e. The maximum absolute atomic E-state index is 11.8. The third-order valence-corrected chi connectivity index (χ3v) is 2.48. The molecule has 0 unspecified atom stereocenters. The fourth-order valence-corrected chi connectivity index (χ4v) is 1.61. The van der Waals surface area contributed by atoms with Crippen LogP contribution in [0.4, 0.5) is 10.5 Å². The summed E-state index contributed by atoms with van der Waals surface area (Å²) in [6, 6.07) is 4.88. The van der Waals surface area contributed by atoms with Crippen LogP contribution in [0.1, 0.15) is 26.3 Å². The number of methoxy groups -OCH3 is 1. The summed E-state index contributed by atoms with van der Waals surface area (Å²) in [6.07, 6.45) is 2.16. The van der Waals surface area contributed by atoms with Crippen molar-refractivity contribution in [3.8, 4) is 0 Å². The van der Waals surface area contributed by atoms with E-state index in [1.54, 1.807) is 39.0 Å². The summed E-state index contributed by atoms with van der Waals surface area (Å²) in [5.74, 6) is -0.502. The Morgan fingerprint density at radius 2 is 1.95 bits per heavy atom. The van der Waals surface area contributed by atoms with Crippen molar-refractivity contribution in [3.63, 3.8) is 0 Å². The highest BCUT2D eigenvalue weighted by Crippen LogP contribution is 2.23. The SMILES string of the molecule is COC(=O)C=Cc1cc(Cl)ccc1NC(=O)OC(C)(C)C. The maximum Gasteiger partial charge on any atom is 0.412 e. The van der Waals surface area contributed by atoms with Crippen LogP contribution in [0.15, 0.2) is 24.3 Å². The largest absolute Gasteiger partial charge is 0.466 e. The van der Waals surface area contributed by atoms with Gasteiger partial charge in [-0.1, -0.05) is 11.6 Å². The maximum atomic E-state index is 11.8. The fourth-order valence-electron chi connectivity index (χ4n) is 1.42. The number of carbonyl (C=O) groups is 2. The zero-order valence-electron chi connectivity index (χ0n) is 12.4. The van der Waals surface area contributed by atoms with E-state index in [0.717, 1.165) is 0 Å². The average Bonchev–Trinajstić information content (AvgIpc) is 2.36. The second kappa shape index (κ2) is 7.13. The van der Waals surface area contributed by atoms with Crippen molar-refractivity contribution in [2.75, 3.05) is 12.4 Å². The molecule has 114 valence electrons. The Labute approximate surface area is 128 Å². The Kier molecular flexibility index (Phi) is 5.79. The van der Waals surface area contributed by atoms with Crippen LogP contribution in [0.5, 0.6) is 0 Å². The molecule has 0 aliphatic heterocycles. The zero-order valence-corrected chi connectivity index (χ0v) is 13.2. The molecule has 0 saturated heterocycles. The van der Waals surface area contributed by atoms with Gasteiger partial charge in [-0.25, -0.2) is 9.59 Å². The molecule has 1 aromatic rings. The lowest BCUT2D eigenvalue weighted by molar-refractivity contribution is -0.134. The van der Waals surface area contributed by atoms with Gasteiger partial charge >= 0.3 is 12.1 Å². The molecule has 21 heavy (non-hydrogen) atoms. The molecule has 0 spiro atoms. The van der Waals surface area contributed by atoms with E-state index in [1.165, 1.54) is 19.3 Å². The third-order valence-electron chi connectivity index (χ3n) is 2.25. The van der Waals surface area contributed by atoms with E-state index in [2.05, 4.69) is 10.1 Å². The van der Waals surface area contributed by atoms with Gasteiger partial charge in [-0.3, -0.25) is 5.32 Å². The molecule has 0 radical (unpaired) electrons. The van der Waals surface area contributed by atoms with Crippen LogP contribution in [0.25, 0.3) is 6.08 Å². The lowest BCUT2D eigenvalue weighted by atomic mass is 10.1. The summed E-state index contributed by atoms with van der Waals surface area (Å²) in [5, 5.41) is 3.09. The van der Waals surface area contributed by atoms with Gasteiger partial charge in [0, 0.05) is 11.1 Å². The van der Waals surface area contributed by atoms with Gasteiger partial charge < -0.3 is 9.47 Å². The number of halogens is 1. The number of benzene rings is 1. The molecule has 0 saturated carbocycles. The monoisotopic (exact) mass is 311 g/mol. The molecule has 0 aliphatic rings. The molecular weight excluding hydrogens is 294 g/mol. The van der Waals surface area contributed by atoms with Crippen molar-refractivity contribution >= 4 is 35.4 Å². The van der Waals surface area contributed by atoms with Gasteiger partial charge in [-0.2, -0.15) is 0 Å². The molecule has 0 fully saturated rings. The summed E-state index contributed by atoms with van der Waals surface area (Å²) in [6.45, 7) is 5.31. The predicted octanol–water partition coefficient (Wildman–Crippen LogP) is 3.87. The van der Waals surface area contributed by atoms with Gasteiger partial charge in [0.1, 0.15) is 5.60 Å². The summed E-state index contributed by atoms with van der Waals surface area (Å²) in [4.78, 5) is 22.9. The highest BCUT2D eigenvalue weighted by atomic mass is 35.5. The van der Waals surface area contributed by atoms with Crippen molar-refractivity contribution in [3.05, 3.63) is 34.9 Å². The summed E-state index contributed by atoms with van der Waals surface area (Å²) in [7, 11) is 1.28. The number of hydrogen-bond donors (Lipinski definition) is 1. The van der Waals surface area contributed by atoms with Crippen LogP contribution in [-0.4, -0.2) is 24.8 Å². The lowest BCUT2D eigenvalue weighted by Crippen LogP contribution is -2.27. The first kappa shape index (κ1) is 17.0. The normalized spacial score (nSPS) is 11.3. The van der Waals surface area contributed by atoms with E-state index in [4.69, 9.17) is 16.3 Å². The summed E-state index contributed by atoms with van der Waals surface area (Å²) >= 11 is 5.92. The smallest absolute Gasteiger partial charge is 0.412 e. The third kappa shape index (κ3) is 6.31. The number of hydrogen-bond acceptors (Lipinski definition) is 4. The highest BCUT2D eigenvalue weighted by molar-refractivity contribution is 6.30. The average molecular weight is 312 g/mol. The minimum atomic E-state index is -0.599. The van der Waals surface area contributed by atoms with Gasteiger partial charge in [0.25, 0.3) is 0 Å².